The number of rotatable bonds is 5. The molecule has 0 aromatic heterocycles. The average Bonchev–Trinajstić information content (AvgIpc) is 2.48. The number of ether oxygens (including phenoxy) is 1. The molecule has 0 amide bonds. The molecule has 0 unspecified atom stereocenters. The molecule has 0 heterocycles. The zero-order chi connectivity index (χ0) is 14.5. The number of hydrogen-bond donors (Lipinski definition) is 1. The van der Waals surface area contributed by atoms with E-state index in [0.717, 1.165) is 35.0 Å². The molecule has 0 aliphatic carbocycles. The van der Waals surface area contributed by atoms with Crippen LogP contribution in [0.1, 0.15) is 23.6 Å². The van der Waals surface area contributed by atoms with Crippen LogP contribution in [0.15, 0.2) is 36.4 Å². The summed E-state index contributed by atoms with van der Waals surface area (Å²) in [6.45, 7) is 4.92. The molecule has 0 bridgehead atoms. The van der Waals surface area contributed by atoms with E-state index in [1.807, 2.05) is 19.1 Å². The first-order valence-electron chi connectivity index (χ1n) is 6.80. The highest BCUT2D eigenvalue weighted by atomic mass is 35.5. The molecule has 0 atom stereocenters. The van der Waals surface area contributed by atoms with Gasteiger partial charge in [0.15, 0.2) is 0 Å². The largest absolute Gasteiger partial charge is 0.495 e. The van der Waals surface area contributed by atoms with Gasteiger partial charge in [-0.05, 0) is 36.1 Å². The normalized spacial score (nSPS) is 10.4. The molecule has 2 aromatic rings. The highest BCUT2D eigenvalue weighted by Gasteiger charge is 2.06. The lowest BCUT2D eigenvalue weighted by molar-refractivity contribution is 0.416. The summed E-state index contributed by atoms with van der Waals surface area (Å²) >= 11 is 6.11. The lowest BCUT2D eigenvalue weighted by Gasteiger charge is -2.13. The van der Waals surface area contributed by atoms with Crippen LogP contribution in [-0.2, 0) is 13.0 Å². The third-order valence-electron chi connectivity index (χ3n) is 3.39. The highest BCUT2D eigenvalue weighted by Crippen LogP contribution is 2.31. The van der Waals surface area contributed by atoms with Gasteiger partial charge in [0.05, 0.1) is 12.8 Å². The van der Waals surface area contributed by atoms with Crippen molar-refractivity contribution in [3.8, 4) is 5.75 Å². The summed E-state index contributed by atoms with van der Waals surface area (Å²) < 4.78 is 5.36. The van der Waals surface area contributed by atoms with E-state index in [1.165, 1.54) is 11.1 Å². The molecule has 0 spiro atoms. The van der Waals surface area contributed by atoms with Gasteiger partial charge in [-0.15, -0.1) is 0 Å². The average molecular weight is 290 g/mol. The van der Waals surface area contributed by atoms with Crippen LogP contribution in [0, 0.1) is 6.92 Å². The number of methoxy groups -OCH3 is 1. The summed E-state index contributed by atoms with van der Waals surface area (Å²) in [5, 5.41) is 4.12. The van der Waals surface area contributed by atoms with Crippen molar-refractivity contribution in [2.24, 2.45) is 0 Å². The number of hydrogen-bond acceptors (Lipinski definition) is 2. The molecule has 1 N–H and O–H groups in total. The third kappa shape index (κ3) is 3.45. The minimum absolute atomic E-state index is 0.722. The molecule has 0 aliphatic heterocycles. The Bertz CT molecular complexity index is 578. The summed E-state index contributed by atoms with van der Waals surface area (Å²) in [6, 6.07) is 12.5. The van der Waals surface area contributed by atoms with E-state index in [1.54, 1.807) is 7.11 Å². The van der Waals surface area contributed by atoms with Crippen LogP contribution in [0.3, 0.4) is 0 Å². The Balaban J connectivity index is 2.11. The van der Waals surface area contributed by atoms with Gasteiger partial charge >= 0.3 is 0 Å². The van der Waals surface area contributed by atoms with Crippen LogP contribution in [0.4, 0.5) is 5.69 Å². The Morgan fingerprint density at radius 1 is 1.10 bits per heavy atom. The van der Waals surface area contributed by atoms with Crippen LogP contribution in [0.2, 0.25) is 5.02 Å². The number of nitrogens with one attached hydrogen (secondary N) is 1. The van der Waals surface area contributed by atoms with E-state index in [4.69, 9.17) is 16.3 Å². The molecular formula is C17H20ClNO. The standard InChI is InChI=1S/C17H20ClNO/c1-4-13-5-7-14(8-6-13)11-19-16-9-12(2)15(18)10-17(16)20-3/h5-10,19H,4,11H2,1-3H3. The van der Waals surface area contributed by atoms with Crippen molar-refractivity contribution in [3.63, 3.8) is 0 Å². The Hall–Kier alpha value is -1.67. The SMILES string of the molecule is CCc1ccc(CNc2cc(C)c(Cl)cc2OC)cc1. The van der Waals surface area contributed by atoms with E-state index in [2.05, 4.69) is 36.5 Å². The van der Waals surface area contributed by atoms with E-state index in [-0.39, 0.29) is 0 Å². The molecule has 0 saturated heterocycles. The summed E-state index contributed by atoms with van der Waals surface area (Å²) in [7, 11) is 1.65. The highest BCUT2D eigenvalue weighted by molar-refractivity contribution is 6.31. The van der Waals surface area contributed by atoms with Crippen LogP contribution in [-0.4, -0.2) is 7.11 Å². The predicted octanol–water partition coefficient (Wildman–Crippen LogP) is 4.83. The number of halogens is 1. The second-order valence-corrected chi connectivity index (χ2v) is 5.23. The van der Waals surface area contributed by atoms with Crippen LogP contribution >= 0.6 is 11.6 Å². The zero-order valence-corrected chi connectivity index (χ0v) is 12.9. The van der Waals surface area contributed by atoms with Crippen LogP contribution < -0.4 is 10.1 Å². The lowest BCUT2D eigenvalue weighted by Crippen LogP contribution is -2.02. The molecular weight excluding hydrogens is 270 g/mol. The fourth-order valence-electron chi connectivity index (χ4n) is 2.06. The summed E-state index contributed by atoms with van der Waals surface area (Å²) in [4.78, 5) is 0. The fourth-order valence-corrected chi connectivity index (χ4v) is 2.21. The first-order chi connectivity index (χ1) is 9.63. The topological polar surface area (TPSA) is 21.3 Å². The fraction of sp³-hybridized carbons (Fsp3) is 0.294. The Morgan fingerprint density at radius 2 is 1.75 bits per heavy atom. The van der Waals surface area contributed by atoms with Gasteiger partial charge in [-0.25, -0.2) is 0 Å². The summed E-state index contributed by atoms with van der Waals surface area (Å²) in [6.07, 6.45) is 1.07. The van der Waals surface area contributed by atoms with Gasteiger partial charge in [0.25, 0.3) is 0 Å². The molecule has 0 aliphatic rings. The van der Waals surface area contributed by atoms with Crippen LogP contribution in [0.25, 0.3) is 0 Å². The molecule has 2 nitrogen and oxygen atoms in total. The molecule has 0 radical (unpaired) electrons. The van der Waals surface area contributed by atoms with Gasteiger partial charge in [-0.2, -0.15) is 0 Å². The van der Waals surface area contributed by atoms with E-state index >= 15 is 0 Å². The maximum atomic E-state index is 6.11. The van der Waals surface area contributed by atoms with Crippen LogP contribution in [0.5, 0.6) is 5.75 Å². The smallest absolute Gasteiger partial charge is 0.143 e. The van der Waals surface area contributed by atoms with Crippen molar-refractivity contribution in [1.82, 2.24) is 0 Å². The van der Waals surface area contributed by atoms with Gasteiger partial charge in [0.2, 0.25) is 0 Å². The maximum Gasteiger partial charge on any atom is 0.143 e. The Labute approximate surface area is 125 Å². The second-order valence-electron chi connectivity index (χ2n) is 4.83. The minimum Gasteiger partial charge on any atom is -0.495 e. The molecule has 0 fully saturated rings. The second kappa shape index (κ2) is 6.67. The Kier molecular flexibility index (Phi) is 4.91. The Morgan fingerprint density at radius 3 is 2.35 bits per heavy atom. The maximum absolute atomic E-state index is 6.11. The molecule has 2 aromatic carbocycles. The number of aryl methyl sites for hydroxylation is 2. The minimum atomic E-state index is 0.722. The van der Waals surface area contributed by atoms with Crippen molar-refractivity contribution in [2.45, 2.75) is 26.8 Å². The van der Waals surface area contributed by atoms with Gasteiger partial charge < -0.3 is 10.1 Å². The monoisotopic (exact) mass is 289 g/mol. The molecule has 2 rings (SSSR count). The third-order valence-corrected chi connectivity index (χ3v) is 3.80. The van der Waals surface area contributed by atoms with Crippen molar-refractivity contribution in [3.05, 3.63) is 58.1 Å². The number of anilines is 1. The quantitative estimate of drug-likeness (QED) is 0.851. The van der Waals surface area contributed by atoms with E-state index in [0.29, 0.717) is 0 Å². The first kappa shape index (κ1) is 14.7. The predicted molar refractivity (Wildman–Crippen MR) is 85.9 cm³/mol. The van der Waals surface area contributed by atoms with Crippen molar-refractivity contribution in [1.29, 1.82) is 0 Å². The first-order valence-corrected chi connectivity index (χ1v) is 7.17. The van der Waals surface area contributed by atoms with Gasteiger partial charge in [-0.3, -0.25) is 0 Å². The zero-order valence-electron chi connectivity index (χ0n) is 12.2. The molecule has 106 valence electrons. The van der Waals surface area contributed by atoms with Gasteiger partial charge in [0, 0.05) is 17.6 Å². The van der Waals surface area contributed by atoms with Gasteiger partial charge in [-0.1, -0.05) is 42.8 Å². The van der Waals surface area contributed by atoms with Crippen molar-refractivity contribution >= 4 is 17.3 Å². The molecule has 20 heavy (non-hydrogen) atoms. The summed E-state index contributed by atoms with van der Waals surface area (Å²) in [5.41, 5.74) is 4.61. The van der Waals surface area contributed by atoms with E-state index < -0.39 is 0 Å². The number of benzene rings is 2. The van der Waals surface area contributed by atoms with Crippen molar-refractivity contribution in [2.75, 3.05) is 12.4 Å². The molecule has 0 saturated carbocycles. The van der Waals surface area contributed by atoms with Gasteiger partial charge in [0.1, 0.15) is 5.75 Å². The summed E-state index contributed by atoms with van der Waals surface area (Å²) in [5.74, 6) is 0.769. The van der Waals surface area contributed by atoms with E-state index in [9.17, 15) is 0 Å². The molecule has 3 heteroatoms. The lowest BCUT2D eigenvalue weighted by atomic mass is 10.1. The van der Waals surface area contributed by atoms with Crippen molar-refractivity contribution < 1.29 is 4.74 Å².